The summed E-state index contributed by atoms with van der Waals surface area (Å²) in [6.07, 6.45) is 39.6. The Kier molecular flexibility index (Phi) is 37.1. The van der Waals surface area contributed by atoms with E-state index < -0.39 is 32.5 Å². The van der Waals surface area contributed by atoms with E-state index in [-0.39, 0.29) is 19.4 Å². The summed E-state index contributed by atoms with van der Waals surface area (Å²) in [5.41, 5.74) is 0. The fourth-order valence-corrected chi connectivity index (χ4v) is 6.79. The van der Waals surface area contributed by atoms with Crippen molar-refractivity contribution in [2.75, 3.05) is 13.2 Å². The molecule has 0 saturated heterocycles. The van der Waals surface area contributed by atoms with Gasteiger partial charge in [0, 0.05) is 12.8 Å². The molecule has 0 fully saturated rings. The molecule has 1 atom stereocenters. The van der Waals surface area contributed by atoms with E-state index in [4.69, 9.17) is 19.3 Å². The highest BCUT2D eigenvalue weighted by molar-refractivity contribution is 7.46. The molecular formula is C41H81O8P. The van der Waals surface area contributed by atoms with Gasteiger partial charge in [-0.3, -0.25) is 14.1 Å². The Morgan fingerprint density at radius 1 is 0.440 bits per heavy atom. The second kappa shape index (κ2) is 37.8. The van der Waals surface area contributed by atoms with E-state index in [1.54, 1.807) is 0 Å². The maximum Gasteiger partial charge on any atom is 0.469 e. The lowest BCUT2D eigenvalue weighted by Crippen LogP contribution is -2.29. The van der Waals surface area contributed by atoms with Crippen molar-refractivity contribution in [1.82, 2.24) is 0 Å². The van der Waals surface area contributed by atoms with Gasteiger partial charge in [0.05, 0.1) is 6.61 Å². The van der Waals surface area contributed by atoms with E-state index in [9.17, 15) is 14.2 Å². The zero-order valence-electron chi connectivity index (χ0n) is 32.8. The summed E-state index contributed by atoms with van der Waals surface area (Å²) in [6, 6.07) is 0. The van der Waals surface area contributed by atoms with Crippen molar-refractivity contribution in [2.45, 2.75) is 238 Å². The van der Waals surface area contributed by atoms with E-state index in [0.29, 0.717) is 6.42 Å². The second-order valence-corrected chi connectivity index (χ2v) is 15.9. The quantitative estimate of drug-likeness (QED) is 0.0363. The molecule has 0 spiro atoms. The Bertz CT molecular complexity index is 787. The van der Waals surface area contributed by atoms with Gasteiger partial charge in [-0.05, 0) is 12.8 Å². The third-order valence-corrected chi connectivity index (χ3v) is 10.1. The number of rotatable bonds is 40. The number of hydrogen-bond donors (Lipinski definition) is 2. The third-order valence-electron chi connectivity index (χ3n) is 9.63. The van der Waals surface area contributed by atoms with Crippen LogP contribution in [0.2, 0.25) is 0 Å². The van der Waals surface area contributed by atoms with Crippen LogP contribution in [0.4, 0.5) is 0 Å². The minimum Gasteiger partial charge on any atom is -0.462 e. The molecule has 0 aliphatic rings. The number of phosphoric ester groups is 1. The molecule has 0 unspecified atom stereocenters. The molecule has 0 heterocycles. The molecule has 50 heavy (non-hydrogen) atoms. The van der Waals surface area contributed by atoms with Crippen LogP contribution in [0, 0.1) is 0 Å². The normalized spacial score (nSPS) is 12.3. The zero-order chi connectivity index (χ0) is 36.8. The van der Waals surface area contributed by atoms with E-state index in [1.165, 1.54) is 167 Å². The standard InChI is InChI=1S/C41H81O8P/c1-3-5-7-9-11-13-15-17-19-20-22-24-26-28-30-32-34-36-41(43)49-39(38-48-50(44,45)46)37-47-40(42)35-33-31-29-27-25-23-21-18-16-14-12-10-8-6-4-2/h39H,3-38H2,1-2H3,(H2,44,45,46)/t39-/m1/s1. The number of ether oxygens (including phenoxy) is 2. The highest BCUT2D eigenvalue weighted by Gasteiger charge is 2.22. The monoisotopic (exact) mass is 733 g/mol. The van der Waals surface area contributed by atoms with Gasteiger partial charge in [-0.25, -0.2) is 4.57 Å². The van der Waals surface area contributed by atoms with Crippen molar-refractivity contribution >= 4 is 19.8 Å². The van der Waals surface area contributed by atoms with Crippen LogP contribution >= 0.6 is 7.82 Å². The molecule has 8 nitrogen and oxygen atoms in total. The average Bonchev–Trinajstić information content (AvgIpc) is 3.08. The molecule has 0 aromatic carbocycles. The van der Waals surface area contributed by atoms with Crippen LogP contribution in [-0.2, 0) is 28.2 Å². The molecule has 0 radical (unpaired) electrons. The van der Waals surface area contributed by atoms with E-state index in [2.05, 4.69) is 18.4 Å². The topological polar surface area (TPSA) is 119 Å². The van der Waals surface area contributed by atoms with Crippen LogP contribution in [0.1, 0.15) is 232 Å². The minimum absolute atomic E-state index is 0.220. The highest BCUT2D eigenvalue weighted by Crippen LogP contribution is 2.36. The van der Waals surface area contributed by atoms with Gasteiger partial charge < -0.3 is 19.3 Å². The van der Waals surface area contributed by atoms with Gasteiger partial charge in [-0.15, -0.1) is 0 Å². The summed E-state index contributed by atoms with van der Waals surface area (Å²) in [5, 5.41) is 0. The fourth-order valence-electron chi connectivity index (χ4n) is 6.43. The number of carbonyl (C=O) groups is 2. The van der Waals surface area contributed by atoms with Crippen molar-refractivity contribution in [3.05, 3.63) is 0 Å². The first-order chi connectivity index (χ1) is 24.3. The van der Waals surface area contributed by atoms with Crippen LogP contribution in [0.3, 0.4) is 0 Å². The summed E-state index contributed by atoms with van der Waals surface area (Å²) in [5.74, 6) is -0.867. The number of carbonyl (C=O) groups excluding carboxylic acids is 2. The van der Waals surface area contributed by atoms with E-state index >= 15 is 0 Å². The van der Waals surface area contributed by atoms with Crippen LogP contribution in [0.15, 0.2) is 0 Å². The largest absolute Gasteiger partial charge is 0.469 e. The lowest BCUT2D eigenvalue weighted by atomic mass is 10.0. The van der Waals surface area contributed by atoms with Gasteiger partial charge in [0.25, 0.3) is 0 Å². The molecule has 0 aromatic rings. The Morgan fingerprint density at radius 2 is 0.720 bits per heavy atom. The van der Waals surface area contributed by atoms with Crippen molar-refractivity contribution < 1.29 is 37.9 Å². The van der Waals surface area contributed by atoms with Crippen LogP contribution in [-0.4, -0.2) is 41.0 Å². The molecule has 0 rings (SSSR count). The number of unbranched alkanes of at least 4 members (excludes halogenated alkanes) is 30. The van der Waals surface area contributed by atoms with Crippen molar-refractivity contribution in [2.24, 2.45) is 0 Å². The van der Waals surface area contributed by atoms with Crippen LogP contribution in [0.25, 0.3) is 0 Å². The molecule has 298 valence electrons. The zero-order valence-corrected chi connectivity index (χ0v) is 33.7. The second-order valence-electron chi connectivity index (χ2n) is 14.7. The van der Waals surface area contributed by atoms with Crippen LogP contribution < -0.4 is 0 Å². The van der Waals surface area contributed by atoms with Gasteiger partial charge >= 0.3 is 19.8 Å². The Hall–Kier alpha value is -0.950. The number of hydrogen-bond acceptors (Lipinski definition) is 6. The number of phosphoric acid groups is 1. The third kappa shape index (κ3) is 39.8. The molecular weight excluding hydrogens is 651 g/mol. The Balaban J connectivity index is 3.85. The van der Waals surface area contributed by atoms with Gasteiger partial charge in [0.15, 0.2) is 6.10 Å². The van der Waals surface area contributed by atoms with Crippen molar-refractivity contribution in [1.29, 1.82) is 0 Å². The first-order valence-corrected chi connectivity index (χ1v) is 22.9. The molecule has 0 aliphatic carbocycles. The van der Waals surface area contributed by atoms with E-state index in [0.717, 1.165) is 32.1 Å². The maximum absolute atomic E-state index is 12.4. The molecule has 0 amide bonds. The molecule has 0 saturated carbocycles. The van der Waals surface area contributed by atoms with Crippen LogP contribution in [0.5, 0.6) is 0 Å². The SMILES string of the molecule is CCCCCCCCCCCCCCCCCCCC(=O)O[C@H](COC(=O)CCCCCCCCCCCCCCCCC)COP(=O)(O)O. The molecule has 2 N–H and O–H groups in total. The first-order valence-electron chi connectivity index (χ1n) is 21.3. The van der Waals surface area contributed by atoms with Gasteiger partial charge in [0.2, 0.25) is 0 Å². The molecule has 0 aliphatic heterocycles. The molecule has 0 aromatic heterocycles. The lowest BCUT2D eigenvalue weighted by Gasteiger charge is -2.18. The maximum atomic E-state index is 12.4. The van der Waals surface area contributed by atoms with Crippen molar-refractivity contribution in [3.8, 4) is 0 Å². The lowest BCUT2D eigenvalue weighted by molar-refractivity contribution is -0.161. The summed E-state index contributed by atoms with van der Waals surface area (Å²) in [4.78, 5) is 42.8. The van der Waals surface area contributed by atoms with Gasteiger partial charge in [-0.2, -0.15) is 0 Å². The van der Waals surface area contributed by atoms with E-state index in [1.807, 2.05) is 0 Å². The molecule has 0 bridgehead atoms. The first kappa shape index (κ1) is 49.0. The molecule has 9 heteroatoms. The summed E-state index contributed by atoms with van der Waals surface area (Å²) >= 11 is 0. The van der Waals surface area contributed by atoms with Crippen molar-refractivity contribution in [3.63, 3.8) is 0 Å². The van der Waals surface area contributed by atoms with Gasteiger partial charge in [0.1, 0.15) is 6.61 Å². The summed E-state index contributed by atoms with van der Waals surface area (Å²) in [6.45, 7) is 3.72. The average molecular weight is 733 g/mol. The summed E-state index contributed by atoms with van der Waals surface area (Å²) in [7, 11) is -4.74. The number of esters is 2. The Labute approximate surface area is 308 Å². The Morgan fingerprint density at radius 3 is 1.02 bits per heavy atom. The summed E-state index contributed by atoms with van der Waals surface area (Å²) < 4.78 is 26.4. The fraction of sp³-hybridized carbons (Fsp3) is 0.951. The minimum atomic E-state index is -4.74. The highest BCUT2D eigenvalue weighted by atomic mass is 31.2. The smallest absolute Gasteiger partial charge is 0.462 e. The van der Waals surface area contributed by atoms with Gasteiger partial charge in [-0.1, -0.05) is 206 Å². The predicted octanol–water partition coefficient (Wildman–Crippen LogP) is 12.9. The predicted molar refractivity (Wildman–Crippen MR) is 207 cm³/mol.